The Morgan fingerprint density at radius 2 is 1.96 bits per heavy atom. The van der Waals surface area contributed by atoms with E-state index in [1.165, 1.54) is 0 Å². The van der Waals surface area contributed by atoms with Gasteiger partial charge >= 0.3 is 0 Å². The average Bonchev–Trinajstić information content (AvgIpc) is 2.53. The first kappa shape index (κ1) is 17.3. The molecule has 0 bridgehead atoms. The number of ether oxygens (including phenoxy) is 2. The molecule has 2 aromatic rings. The van der Waals surface area contributed by atoms with Crippen molar-refractivity contribution in [3.05, 3.63) is 58.7 Å². The molecule has 0 saturated heterocycles. The summed E-state index contributed by atoms with van der Waals surface area (Å²) in [5.41, 5.74) is 3.43. The predicted molar refractivity (Wildman–Crippen MR) is 98.4 cm³/mol. The second kappa shape index (κ2) is 6.43. The van der Waals surface area contributed by atoms with E-state index in [9.17, 15) is 4.79 Å². The molecule has 0 spiro atoms. The van der Waals surface area contributed by atoms with Crippen molar-refractivity contribution in [1.29, 1.82) is 0 Å². The Morgan fingerprint density at radius 1 is 1.20 bits per heavy atom. The van der Waals surface area contributed by atoms with Crippen LogP contribution in [0.4, 0.5) is 0 Å². The SMILES string of the molecule is COc1ccc(C(=O)N[C@@H]2CC(C)(C)Oc3cc(C)ccc32)cc1C. The molecule has 1 heterocycles. The molecule has 1 aliphatic heterocycles. The minimum Gasteiger partial charge on any atom is -0.496 e. The maximum atomic E-state index is 12.8. The Kier molecular flexibility index (Phi) is 4.46. The lowest BCUT2D eigenvalue weighted by Crippen LogP contribution is -2.41. The van der Waals surface area contributed by atoms with Crippen LogP contribution in [0.1, 0.15) is 53.4 Å². The molecular weight excluding hydrogens is 314 g/mol. The molecule has 0 saturated carbocycles. The zero-order chi connectivity index (χ0) is 18.2. The number of aryl methyl sites for hydroxylation is 2. The standard InChI is InChI=1S/C21H25NO3/c1-13-6-8-16-17(12-21(3,4)25-19(16)10-13)22-20(23)15-7-9-18(24-5)14(2)11-15/h6-11,17H,12H2,1-5H3,(H,22,23)/t17-/m1/s1. The van der Waals surface area contributed by atoms with Crippen molar-refractivity contribution < 1.29 is 14.3 Å². The number of rotatable bonds is 3. The van der Waals surface area contributed by atoms with E-state index >= 15 is 0 Å². The summed E-state index contributed by atoms with van der Waals surface area (Å²) in [6, 6.07) is 11.5. The molecule has 132 valence electrons. The third-order valence-electron chi connectivity index (χ3n) is 4.59. The number of hydrogen-bond donors (Lipinski definition) is 1. The zero-order valence-corrected chi connectivity index (χ0v) is 15.5. The highest BCUT2D eigenvalue weighted by Gasteiger charge is 2.34. The third kappa shape index (κ3) is 3.63. The Morgan fingerprint density at radius 3 is 2.64 bits per heavy atom. The highest BCUT2D eigenvalue weighted by atomic mass is 16.5. The molecular formula is C21H25NO3. The summed E-state index contributed by atoms with van der Waals surface area (Å²) in [5.74, 6) is 1.55. The van der Waals surface area contributed by atoms with Gasteiger partial charge in [-0.3, -0.25) is 4.79 Å². The van der Waals surface area contributed by atoms with Crippen LogP contribution in [0.3, 0.4) is 0 Å². The van der Waals surface area contributed by atoms with E-state index in [-0.39, 0.29) is 17.6 Å². The molecule has 2 aromatic carbocycles. The maximum Gasteiger partial charge on any atom is 0.251 e. The van der Waals surface area contributed by atoms with Crippen molar-refractivity contribution in [3.8, 4) is 11.5 Å². The van der Waals surface area contributed by atoms with Crippen LogP contribution in [0.15, 0.2) is 36.4 Å². The lowest BCUT2D eigenvalue weighted by molar-refractivity contribution is 0.0619. The summed E-state index contributed by atoms with van der Waals surface area (Å²) < 4.78 is 11.4. The molecule has 4 nitrogen and oxygen atoms in total. The number of carbonyl (C=O) groups is 1. The third-order valence-corrected chi connectivity index (χ3v) is 4.59. The van der Waals surface area contributed by atoms with Crippen molar-refractivity contribution in [1.82, 2.24) is 5.32 Å². The van der Waals surface area contributed by atoms with Gasteiger partial charge in [-0.2, -0.15) is 0 Å². The van der Waals surface area contributed by atoms with Crippen LogP contribution < -0.4 is 14.8 Å². The number of hydrogen-bond acceptors (Lipinski definition) is 3. The fourth-order valence-corrected chi connectivity index (χ4v) is 3.35. The van der Waals surface area contributed by atoms with Gasteiger partial charge in [0.2, 0.25) is 0 Å². The second-order valence-electron chi connectivity index (χ2n) is 7.32. The molecule has 0 aliphatic carbocycles. The molecule has 0 aromatic heterocycles. The average molecular weight is 339 g/mol. The summed E-state index contributed by atoms with van der Waals surface area (Å²) in [7, 11) is 1.63. The topological polar surface area (TPSA) is 47.6 Å². The quantitative estimate of drug-likeness (QED) is 0.904. The first-order chi connectivity index (χ1) is 11.8. The molecule has 1 aliphatic rings. The van der Waals surface area contributed by atoms with Gasteiger partial charge in [0, 0.05) is 17.5 Å². The fourth-order valence-electron chi connectivity index (χ4n) is 3.35. The Labute approximate surface area is 149 Å². The van der Waals surface area contributed by atoms with Crippen molar-refractivity contribution in [2.45, 2.75) is 45.8 Å². The van der Waals surface area contributed by atoms with Gasteiger partial charge in [0.15, 0.2) is 0 Å². The first-order valence-electron chi connectivity index (χ1n) is 8.54. The van der Waals surface area contributed by atoms with Crippen molar-refractivity contribution in [2.75, 3.05) is 7.11 Å². The number of fused-ring (bicyclic) bond motifs is 1. The van der Waals surface area contributed by atoms with Crippen LogP contribution in [0.2, 0.25) is 0 Å². The van der Waals surface area contributed by atoms with Gasteiger partial charge in [0.25, 0.3) is 5.91 Å². The monoisotopic (exact) mass is 339 g/mol. The Bertz CT molecular complexity index is 811. The van der Waals surface area contributed by atoms with Crippen LogP contribution in [0.5, 0.6) is 11.5 Å². The van der Waals surface area contributed by atoms with Crippen LogP contribution in [-0.4, -0.2) is 18.6 Å². The van der Waals surface area contributed by atoms with Gasteiger partial charge in [-0.1, -0.05) is 12.1 Å². The van der Waals surface area contributed by atoms with Gasteiger partial charge in [-0.05, 0) is 63.1 Å². The Hall–Kier alpha value is -2.49. The van der Waals surface area contributed by atoms with Gasteiger partial charge in [0.1, 0.15) is 17.1 Å². The van der Waals surface area contributed by atoms with Crippen molar-refractivity contribution >= 4 is 5.91 Å². The largest absolute Gasteiger partial charge is 0.496 e. The number of methoxy groups -OCH3 is 1. The number of nitrogens with one attached hydrogen (secondary N) is 1. The van der Waals surface area contributed by atoms with E-state index in [2.05, 4.69) is 25.2 Å². The van der Waals surface area contributed by atoms with E-state index in [0.717, 1.165) is 34.6 Å². The Balaban J connectivity index is 1.87. The van der Waals surface area contributed by atoms with E-state index in [1.807, 2.05) is 38.1 Å². The zero-order valence-electron chi connectivity index (χ0n) is 15.5. The fraction of sp³-hybridized carbons (Fsp3) is 0.381. The van der Waals surface area contributed by atoms with Gasteiger partial charge < -0.3 is 14.8 Å². The first-order valence-corrected chi connectivity index (χ1v) is 8.54. The van der Waals surface area contributed by atoms with E-state index in [1.54, 1.807) is 13.2 Å². The molecule has 1 amide bonds. The summed E-state index contributed by atoms with van der Waals surface area (Å²) in [4.78, 5) is 12.8. The van der Waals surface area contributed by atoms with Crippen molar-refractivity contribution in [3.63, 3.8) is 0 Å². The van der Waals surface area contributed by atoms with Gasteiger partial charge in [-0.25, -0.2) is 0 Å². The van der Waals surface area contributed by atoms with Crippen molar-refractivity contribution in [2.24, 2.45) is 0 Å². The molecule has 25 heavy (non-hydrogen) atoms. The molecule has 3 rings (SSSR count). The molecule has 1 atom stereocenters. The molecule has 0 unspecified atom stereocenters. The number of amides is 1. The number of benzene rings is 2. The molecule has 0 radical (unpaired) electrons. The highest BCUT2D eigenvalue weighted by Crippen LogP contribution is 2.40. The minimum atomic E-state index is -0.325. The lowest BCUT2D eigenvalue weighted by atomic mass is 9.89. The molecule has 1 N–H and O–H groups in total. The second-order valence-corrected chi connectivity index (χ2v) is 7.32. The summed E-state index contributed by atoms with van der Waals surface area (Å²) in [5, 5.41) is 3.17. The normalized spacial score (nSPS) is 18.0. The summed E-state index contributed by atoms with van der Waals surface area (Å²) >= 11 is 0. The predicted octanol–water partition coefficient (Wildman–Crippen LogP) is 4.34. The van der Waals surface area contributed by atoms with Crippen LogP contribution in [0, 0.1) is 13.8 Å². The lowest BCUT2D eigenvalue weighted by Gasteiger charge is -2.38. The summed E-state index contributed by atoms with van der Waals surface area (Å²) in [6.07, 6.45) is 0.726. The van der Waals surface area contributed by atoms with Crippen LogP contribution >= 0.6 is 0 Å². The van der Waals surface area contributed by atoms with E-state index in [0.29, 0.717) is 5.56 Å². The minimum absolute atomic E-state index is 0.0748. The van der Waals surface area contributed by atoms with Gasteiger partial charge in [-0.15, -0.1) is 0 Å². The van der Waals surface area contributed by atoms with Gasteiger partial charge in [0.05, 0.1) is 13.2 Å². The smallest absolute Gasteiger partial charge is 0.251 e. The highest BCUT2D eigenvalue weighted by molar-refractivity contribution is 5.95. The van der Waals surface area contributed by atoms with Crippen LogP contribution in [0.25, 0.3) is 0 Å². The van der Waals surface area contributed by atoms with Crippen LogP contribution in [-0.2, 0) is 0 Å². The molecule has 0 fully saturated rings. The molecule has 4 heteroatoms. The summed E-state index contributed by atoms with van der Waals surface area (Å²) in [6.45, 7) is 8.08. The number of carbonyl (C=O) groups excluding carboxylic acids is 1. The maximum absolute atomic E-state index is 12.8. The van der Waals surface area contributed by atoms with E-state index in [4.69, 9.17) is 9.47 Å². The van der Waals surface area contributed by atoms with E-state index < -0.39 is 0 Å².